The van der Waals surface area contributed by atoms with Gasteiger partial charge in [-0.2, -0.15) is 0 Å². The molecular formula is C19H17ClN2O5S. The summed E-state index contributed by atoms with van der Waals surface area (Å²) in [6, 6.07) is 10.6. The molecule has 28 heavy (non-hydrogen) atoms. The van der Waals surface area contributed by atoms with E-state index in [1.807, 2.05) is 12.1 Å². The highest BCUT2D eigenvalue weighted by Gasteiger charge is 2.36. The lowest BCUT2D eigenvalue weighted by atomic mass is 10.2. The molecule has 1 aliphatic heterocycles. The van der Waals surface area contributed by atoms with Crippen molar-refractivity contribution in [1.82, 2.24) is 10.2 Å². The minimum absolute atomic E-state index is 0.201. The number of benzene rings is 1. The van der Waals surface area contributed by atoms with Gasteiger partial charge in [-0.15, -0.1) is 0 Å². The van der Waals surface area contributed by atoms with Crippen LogP contribution in [0.5, 0.6) is 0 Å². The van der Waals surface area contributed by atoms with Gasteiger partial charge < -0.3 is 14.5 Å². The summed E-state index contributed by atoms with van der Waals surface area (Å²) in [7, 11) is 1.51. The van der Waals surface area contributed by atoms with E-state index in [4.69, 9.17) is 20.8 Å². The summed E-state index contributed by atoms with van der Waals surface area (Å²) in [6.07, 6.45) is 1.49. The largest absolute Gasteiger partial charge is 0.457 e. The standard InChI is InChI=1S/C19H17ClN2O5S/c1-26-9-8-21-17(23)11-22-18(24)16(28-19(22)25)10-14-6-7-15(27-14)12-2-4-13(20)5-3-12/h2-7,10H,8-9,11H2,1H3,(H,21,23)/b16-10-. The summed E-state index contributed by atoms with van der Waals surface area (Å²) < 4.78 is 10.6. The summed E-state index contributed by atoms with van der Waals surface area (Å²) in [5, 5.41) is 2.70. The maximum absolute atomic E-state index is 12.5. The molecule has 1 aromatic heterocycles. The number of nitrogens with zero attached hydrogens (tertiary/aromatic N) is 1. The van der Waals surface area contributed by atoms with Crippen LogP contribution < -0.4 is 5.32 Å². The number of carbonyl (C=O) groups is 3. The second kappa shape index (κ2) is 9.09. The van der Waals surface area contributed by atoms with Gasteiger partial charge in [0.25, 0.3) is 11.1 Å². The van der Waals surface area contributed by atoms with Crippen LogP contribution in [0.2, 0.25) is 5.02 Å². The molecule has 3 amide bonds. The van der Waals surface area contributed by atoms with Gasteiger partial charge in [-0.3, -0.25) is 19.3 Å². The van der Waals surface area contributed by atoms with E-state index in [1.165, 1.54) is 13.2 Å². The second-order valence-electron chi connectivity index (χ2n) is 5.82. The molecule has 0 saturated carbocycles. The Hall–Kier alpha value is -2.55. The van der Waals surface area contributed by atoms with Crippen LogP contribution in [0.4, 0.5) is 4.79 Å². The van der Waals surface area contributed by atoms with Crippen molar-refractivity contribution >= 4 is 46.5 Å². The first kappa shape index (κ1) is 20.2. The fourth-order valence-electron chi connectivity index (χ4n) is 2.46. The van der Waals surface area contributed by atoms with Crippen molar-refractivity contribution < 1.29 is 23.5 Å². The number of ether oxygens (including phenoxy) is 1. The van der Waals surface area contributed by atoms with Crippen molar-refractivity contribution in [3.63, 3.8) is 0 Å². The van der Waals surface area contributed by atoms with Gasteiger partial charge >= 0.3 is 0 Å². The highest BCUT2D eigenvalue weighted by atomic mass is 35.5. The Morgan fingerprint density at radius 2 is 2.00 bits per heavy atom. The van der Waals surface area contributed by atoms with Crippen LogP contribution in [0.25, 0.3) is 17.4 Å². The van der Waals surface area contributed by atoms with Crippen LogP contribution >= 0.6 is 23.4 Å². The van der Waals surface area contributed by atoms with E-state index in [0.717, 1.165) is 22.2 Å². The van der Waals surface area contributed by atoms with Gasteiger partial charge in [-0.1, -0.05) is 11.6 Å². The molecule has 0 unspecified atom stereocenters. The first-order chi connectivity index (χ1) is 13.5. The second-order valence-corrected chi connectivity index (χ2v) is 7.25. The maximum atomic E-state index is 12.5. The number of furan rings is 1. The van der Waals surface area contributed by atoms with E-state index in [-0.39, 0.29) is 11.4 Å². The van der Waals surface area contributed by atoms with Crippen molar-refractivity contribution in [3.05, 3.63) is 52.1 Å². The third kappa shape index (κ3) is 4.83. The van der Waals surface area contributed by atoms with Crippen LogP contribution in [0, 0.1) is 0 Å². The number of nitrogens with one attached hydrogen (secondary N) is 1. The van der Waals surface area contributed by atoms with Crippen LogP contribution in [0.15, 0.2) is 45.7 Å². The number of amides is 3. The highest BCUT2D eigenvalue weighted by Crippen LogP contribution is 2.33. The molecule has 1 saturated heterocycles. The van der Waals surface area contributed by atoms with E-state index >= 15 is 0 Å². The lowest BCUT2D eigenvalue weighted by molar-refractivity contribution is -0.129. The lowest BCUT2D eigenvalue weighted by Gasteiger charge is -2.12. The number of halogens is 1. The highest BCUT2D eigenvalue weighted by molar-refractivity contribution is 8.18. The summed E-state index contributed by atoms with van der Waals surface area (Å²) >= 11 is 6.65. The monoisotopic (exact) mass is 420 g/mol. The third-order valence-electron chi connectivity index (χ3n) is 3.83. The molecule has 0 radical (unpaired) electrons. The number of methoxy groups -OCH3 is 1. The lowest BCUT2D eigenvalue weighted by Crippen LogP contribution is -2.40. The van der Waals surface area contributed by atoms with Crippen molar-refractivity contribution in [2.45, 2.75) is 0 Å². The van der Waals surface area contributed by atoms with Gasteiger partial charge in [0.2, 0.25) is 5.91 Å². The molecule has 0 bridgehead atoms. The average molecular weight is 421 g/mol. The summed E-state index contributed by atoms with van der Waals surface area (Å²) in [5.41, 5.74) is 0.838. The van der Waals surface area contributed by atoms with Crippen LogP contribution in [0.3, 0.4) is 0 Å². The molecule has 9 heteroatoms. The first-order valence-electron chi connectivity index (χ1n) is 8.34. The molecule has 0 spiro atoms. The molecule has 2 aromatic rings. The van der Waals surface area contributed by atoms with Crippen molar-refractivity contribution in [2.24, 2.45) is 0 Å². The van der Waals surface area contributed by atoms with Gasteiger partial charge in [0.05, 0.1) is 11.5 Å². The summed E-state index contributed by atoms with van der Waals surface area (Å²) in [5.74, 6) is 0.0876. The molecule has 1 aromatic carbocycles. The topological polar surface area (TPSA) is 88.8 Å². The number of thioether (sulfide) groups is 1. The molecule has 146 valence electrons. The van der Waals surface area contributed by atoms with E-state index in [2.05, 4.69) is 5.32 Å². The van der Waals surface area contributed by atoms with Crippen molar-refractivity contribution in [2.75, 3.05) is 26.8 Å². The smallest absolute Gasteiger partial charge is 0.294 e. The molecule has 7 nitrogen and oxygen atoms in total. The number of carbonyl (C=O) groups excluding carboxylic acids is 3. The molecule has 0 aliphatic carbocycles. The van der Waals surface area contributed by atoms with E-state index in [9.17, 15) is 14.4 Å². The van der Waals surface area contributed by atoms with Gasteiger partial charge in [-0.05, 0) is 48.2 Å². The SMILES string of the molecule is COCCNC(=O)CN1C(=O)S/C(=C\c2ccc(-c3ccc(Cl)cc3)o2)C1=O. The Morgan fingerprint density at radius 1 is 1.25 bits per heavy atom. The fraction of sp³-hybridized carbons (Fsp3) is 0.211. The molecule has 3 rings (SSSR count). The average Bonchev–Trinajstić information content (AvgIpc) is 3.23. The minimum atomic E-state index is -0.527. The minimum Gasteiger partial charge on any atom is -0.457 e. The molecule has 0 atom stereocenters. The van der Waals surface area contributed by atoms with Gasteiger partial charge in [0.1, 0.15) is 18.1 Å². The number of imide groups is 1. The zero-order valence-corrected chi connectivity index (χ0v) is 16.5. The molecule has 1 aliphatic rings. The number of hydrogen-bond donors (Lipinski definition) is 1. The Kier molecular flexibility index (Phi) is 6.56. The van der Waals surface area contributed by atoms with E-state index in [0.29, 0.717) is 29.7 Å². The summed E-state index contributed by atoms with van der Waals surface area (Å²) in [6.45, 7) is 0.323. The van der Waals surface area contributed by atoms with E-state index in [1.54, 1.807) is 24.3 Å². The Balaban J connectivity index is 1.68. The van der Waals surface area contributed by atoms with Crippen LogP contribution in [-0.2, 0) is 14.3 Å². The van der Waals surface area contributed by atoms with Gasteiger partial charge in [-0.25, -0.2) is 0 Å². The molecule has 1 fully saturated rings. The number of hydrogen-bond acceptors (Lipinski definition) is 6. The van der Waals surface area contributed by atoms with Crippen molar-refractivity contribution in [3.8, 4) is 11.3 Å². The van der Waals surface area contributed by atoms with Crippen molar-refractivity contribution in [1.29, 1.82) is 0 Å². The zero-order chi connectivity index (χ0) is 20.1. The summed E-state index contributed by atoms with van der Waals surface area (Å²) in [4.78, 5) is 37.5. The quantitative estimate of drug-likeness (QED) is 0.545. The van der Waals surface area contributed by atoms with E-state index < -0.39 is 17.1 Å². The molecule has 2 heterocycles. The normalized spacial score (nSPS) is 15.5. The van der Waals surface area contributed by atoms with Gasteiger partial charge in [0.15, 0.2) is 0 Å². The third-order valence-corrected chi connectivity index (χ3v) is 4.99. The Morgan fingerprint density at radius 3 is 2.71 bits per heavy atom. The predicted molar refractivity (Wildman–Crippen MR) is 107 cm³/mol. The maximum Gasteiger partial charge on any atom is 0.294 e. The van der Waals surface area contributed by atoms with Crippen LogP contribution in [-0.4, -0.2) is 48.8 Å². The zero-order valence-electron chi connectivity index (χ0n) is 14.9. The molecular weight excluding hydrogens is 404 g/mol. The first-order valence-corrected chi connectivity index (χ1v) is 9.54. The molecule has 1 N–H and O–H groups in total. The number of rotatable bonds is 7. The van der Waals surface area contributed by atoms with Gasteiger partial charge in [0, 0.05) is 30.3 Å². The Bertz CT molecular complexity index is 923. The fourth-order valence-corrected chi connectivity index (χ4v) is 3.40. The van der Waals surface area contributed by atoms with Crippen LogP contribution in [0.1, 0.15) is 5.76 Å². The predicted octanol–water partition coefficient (Wildman–Crippen LogP) is 3.40. The Labute approximate surface area is 170 Å².